The first-order valence-electron chi connectivity index (χ1n) is 7.91. The highest BCUT2D eigenvalue weighted by Gasteiger charge is 2.26. The first kappa shape index (κ1) is 19.5. The van der Waals surface area contributed by atoms with Gasteiger partial charge in [0.15, 0.2) is 0 Å². The van der Waals surface area contributed by atoms with Crippen molar-refractivity contribution in [3.05, 3.63) is 53.9 Å². The van der Waals surface area contributed by atoms with E-state index in [1.54, 1.807) is 35.2 Å². The molecule has 1 N–H and O–H groups in total. The minimum atomic E-state index is -3.68. The van der Waals surface area contributed by atoms with E-state index in [1.807, 2.05) is 13.8 Å². The van der Waals surface area contributed by atoms with Crippen molar-refractivity contribution < 1.29 is 13.2 Å². The predicted molar refractivity (Wildman–Crippen MR) is 98.8 cm³/mol. The van der Waals surface area contributed by atoms with Crippen molar-refractivity contribution in [2.45, 2.75) is 24.8 Å². The van der Waals surface area contributed by atoms with Gasteiger partial charge in [-0.25, -0.2) is 12.4 Å². The van der Waals surface area contributed by atoms with E-state index in [0.29, 0.717) is 12.1 Å². The molecular formula is C17H22ClN3O3S. The lowest BCUT2D eigenvalue weighted by atomic mass is 10.2. The van der Waals surface area contributed by atoms with Crippen LogP contribution in [-0.4, -0.2) is 48.9 Å². The molecule has 0 saturated carbocycles. The highest BCUT2D eigenvalue weighted by Crippen LogP contribution is 2.17. The van der Waals surface area contributed by atoms with Crippen LogP contribution in [0.4, 0.5) is 0 Å². The summed E-state index contributed by atoms with van der Waals surface area (Å²) >= 11 is 0. The number of halogens is 1. The molecule has 1 amide bonds. The zero-order valence-corrected chi connectivity index (χ0v) is 15.8. The van der Waals surface area contributed by atoms with E-state index in [-0.39, 0.29) is 29.3 Å². The van der Waals surface area contributed by atoms with Gasteiger partial charge in [-0.1, -0.05) is 17.7 Å². The molecule has 1 aliphatic rings. The number of carbonyl (C=O) groups is 1. The van der Waals surface area contributed by atoms with Gasteiger partial charge in [0.05, 0.1) is 10.5 Å². The Kier molecular flexibility index (Phi) is 5.92. The fourth-order valence-electron chi connectivity index (χ4n) is 2.79. The predicted octanol–water partition coefficient (Wildman–Crippen LogP) is 1.89. The van der Waals surface area contributed by atoms with Gasteiger partial charge in [-0.05, 0) is 32.0 Å². The van der Waals surface area contributed by atoms with Gasteiger partial charge in [0.25, 0.3) is 15.9 Å². The number of benzene rings is 1. The molecule has 3 rings (SSSR count). The van der Waals surface area contributed by atoms with Crippen LogP contribution in [-0.2, 0) is 10.0 Å². The lowest BCUT2D eigenvalue weighted by Crippen LogP contribution is -2.52. The second-order valence-corrected chi connectivity index (χ2v) is 7.94. The summed E-state index contributed by atoms with van der Waals surface area (Å²) < 4.78 is 26.4. The number of carbonyl (C=O) groups excluding carboxylic acids is 1. The standard InChI is InChI=1S/C17H21N3O3S.ClH/c1-13-3-5-16(6-4-13)24(22,23)19-9-7-15(12-19)17(21)20-10-8-18-11-14(20)2;/h3-7,9,12,14,18H,8,10-11H2,1-2H3;1H. The molecule has 0 spiro atoms. The Labute approximate surface area is 154 Å². The fourth-order valence-corrected chi connectivity index (χ4v) is 3.99. The van der Waals surface area contributed by atoms with Crippen LogP contribution in [0.2, 0.25) is 0 Å². The molecule has 0 radical (unpaired) electrons. The minimum Gasteiger partial charge on any atom is -0.333 e. The number of aromatic nitrogens is 1. The summed E-state index contributed by atoms with van der Waals surface area (Å²) in [5.41, 5.74) is 1.38. The summed E-state index contributed by atoms with van der Waals surface area (Å²) in [6.07, 6.45) is 2.82. The number of aryl methyl sites for hydroxylation is 1. The van der Waals surface area contributed by atoms with Gasteiger partial charge in [0, 0.05) is 38.1 Å². The smallest absolute Gasteiger partial charge is 0.267 e. The van der Waals surface area contributed by atoms with Gasteiger partial charge < -0.3 is 10.2 Å². The fraction of sp³-hybridized carbons (Fsp3) is 0.353. The third kappa shape index (κ3) is 3.89. The van der Waals surface area contributed by atoms with Crippen LogP contribution >= 0.6 is 12.4 Å². The molecule has 1 aromatic carbocycles. The van der Waals surface area contributed by atoms with Crippen LogP contribution in [0, 0.1) is 6.92 Å². The average molecular weight is 384 g/mol. The normalized spacial score (nSPS) is 17.8. The number of hydrogen-bond donors (Lipinski definition) is 1. The highest BCUT2D eigenvalue weighted by atomic mass is 35.5. The molecule has 136 valence electrons. The maximum atomic E-state index is 12.6. The van der Waals surface area contributed by atoms with Gasteiger partial charge in [-0.3, -0.25) is 4.79 Å². The van der Waals surface area contributed by atoms with Crippen molar-refractivity contribution in [1.29, 1.82) is 0 Å². The molecule has 0 bridgehead atoms. The Bertz CT molecular complexity index is 846. The minimum absolute atomic E-state index is 0. The summed E-state index contributed by atoms with van der Waals surface area (Å²) in [5.74, 6) is -0.137. The zero-order chi connectivity index (χ0) is 17.3. The Morgan fingerprint density at radius 1 is 1.20 bits per heavy atom. The monoisotopic (exact) mass is 383 g/mol. The molecule has 2 heterocycles. The topological polar surface area (TPSA) is 71.4 Å². The lowest BCUT2D eigenvalue weighted by molar-refractivity contribution is 0.0656. The highest BCUT2D eigenvalue weighted by molar-refractivity contribution is 7.90. The van der Waals surface area contributed by atoms with Crippen LogP contribution < -0.4 is 5.32 Å². The molecule has 8 heteroatoms. The van der Waals surface area contributed by atoms with Crippen molar-refractivity contribution in [2.75, 3.05) is 19.6 Å². The summed E-state index contributed by atoms with van der Waals surface area (Å²) in [6.45, 7) is 5.99. The Hall–Kier alpha value is -1.83. The van der Waals surface area contributed by atoms with Crippen LogP contribution in [0.15, 0.2) is 47.6 Å². The maximum Gasteiger partial charge on any atom is 0.267 e. The molecule has 1 aliphatic heterocycles. The average Bonchev–Trinajstić information content (AvgIpc) is 3.06. The molecule has 2 aromatic rings. The molecule has 1 saturated heterocycles. The number of nitrogens with one attached hydrogen (secondary N) is 1. The first-order chi connectivity index (χ1) is 11.4. The molecule has 1 fully saturated rings. The molecule has 1 atom stereocenters. The van der Waals surface area contributed by atoms with E-state index in [1.165, 1.54) is 12.4 Å². The first-order valence-corrected chi connectivity index (χ1v) is 9.35. The Balaban J connectivity index is 0.00000225. The van der Waals surface area contributed by atoms with Crippen LogP contribution in [0.3, 0.4) is 0 Å². The number of hydrogen-bond acceptors (Lipinski definition) is 4. The van der Waals surface area contributed by atoms with Gasteiger partial charge in [0.1, 0.15) is 0 Å². The Morgan fingerprint density at radius 3 is 2.52 bits per heavy atom. The molecular weight excluding hydrogens is 362 g/mol. The summed E-state index contributed by atoms with van der Waals surface area (Å²) in [4.78, 5) is 14.6. The van der Waals surface area contributed by atoms with E-state index < -0.39 is 10.0 Å². The van der Waals surface area contributed by atoms with E-state index in [0.717, 1.165) is 22.6 Å². The van der Waals surface area contributed by atoms with Crippen LogP contribution in [0.5, 0.6) is 0 Å². The molecule has 25 heavy (non-hydrogen) atoms. The quantitative estimate of drug-likeness (QED) is 0.878. The van der Waals surface area contributed by atoms with Crippen LogP contribution in [0.25, 0.3) is 0 Å². The number of rotatable bonds is 3. The largest absolute Gasteiger partial charge is 0.333 e. The van der Waals surface area contributed by atoms with Gasteiger partial charge in [0.2, 0.25) is 0 Å². The van der Waals surface area contributed by atoms with E-state index in [4.69, 9.17) is 0 Å². The summed E-state index contributed by atoms with van der Waals surface area (Å²) in [7, 11) is -3.68. The second-order valence-electron chi connectivity index (χ2n) is 6.10. The lowest BCUT2D eigenvalue weighted by Gasteiger charge is -2.33. The maximum absolute atomic E-state index is 12.6. The molecule has 6 nitrogen and oxygen atoms in total. The summed E-state index contributed by atoms with van der Waals surface area (Å²) in [5, 5.41) is 3.23. The summed E-state index contributed by atoms with van der Waals surface area (Å²) in [6, 6.07) is 8.30. The van der Waals surface area contributed by atoms with Crippen molar-refractivity contribution in [3.8, 4) is 0 Å². The SMILES string of the molecule is Cc1ccc(S(=O)(=O)n2ccc(C(=O)N3CCNCC3C)c2)cc1.Cl. The molecule has 1 aromatic heterocycles. The molecule has 0 aliphatic carbocycles. The molecule has 1 unspecified atom stereocenters. The van der Waals surface area contributed by atoms with Gasteiger partial charge >= 0.3 is 0 Å². The van der Waals surface area contributed by atoms with Crippen molar-refractivity contribution in [2.24, 2.45) is 0 Å². The van der Waals surface area contributed by atoms with Crippen LogP contribution in [0.1, 0.15) is 22.8 Å². The number of piperazine rings is 1. The van der Waals surface area contributed by atoms with Crippen molar-refractivity contribution >= 4 is 28.3 Å². The van der Waals surface area contributed by atoms with Gasteiger partial charge in [-0.15, -0.1) is 12.4 Å². The third-order valence-corrected chi connectivity index (χ3v) is 5.92. The zero-order valence-electron chi connectivity index (χ0n) is 14.2. The van der Waals surface area contributed by atoms with E-state index in [9.17, 15) is 13.2 Å². The number of amides is 1. The second kappa shape index (κ2) is 7.59. The number of nitrogens with zero attached hydrogens (tertiary/aromatic N) is 2. The van der Waals surface area contributed by atoms with Gasteiger partial charge in [-0.2, -0.15) is 0 Å². The Morgan fingerprint density at radius 2 is 1.88 bits per heavy atom. The van der Waals surface area contributed by atoms with Crippen molar-refractivity contribution in [3.63, 3.8) is 0 Å². The van der Waals surface area contributed by atoms with E-state index >= 15 is 0 Å². The van der Waals surface area contributed by atoms with Crippen molar-refractivity contribution in [1.82, 2.24) is 14.2 Å². The van der Waals surface area contributed by atoms with E-state index in [2.05, 4.69) is 5.32 Å². The third-order valence-electron chi connectivity index (χ3n) is 4.27.